The summed E-state index contributed by atoms with van der Waals surface area (Å²) in [6, 6.07) is 14.6. The average molecular weight is 459 g/mol. The van der Waals surface area contributed by atoms with E-state index in [0.717, 1.165) is 4.90 Å². The van der Waals surface area contributed by atoms with Crippen molar-refractivity contribution in [3.63, 3.8) is 0 Å². The summed E-state index contributed by atoms with van der Waals surface area (Å²) in [5.41, 5.74) is 0.843. The van der Waals surface area contributed by atoms with Crippen LogP contribution in [0.3, 0.4) is 0 Å². The summed E-state index contributed by atoms with van der Waals surface area (Å²) < 4.78 is 5.08. The third-order valence-electron chi connectivity index (χ3n) is 4.24. The zero-order valence-electron chi connectivity index (χ0n) is 16.4. The van der Waals surface area contributed by atoms with Crippen molar-refractivity contribution in [1.82, 2.24) is 0 Å². The fourth-order valence-corrected chi connectivity index (χ4v) is 3.94. The van der Waals surface area contributed by atoms with Crippen LogP contribution in [0.15, 0.2) is 70.2 Å². The minimum atomic E-state index is -1.17. The smallest absolute Gasteiger partial charge is 0.337 e. The maximum Gasteiger partial charge on any atom is 0.337 e. The van der Waals surface area contributed by atoms with E-state index in [1.807, 2.05) is 13.0 Å². The largest absolute Gasteiger partial charge is 0.478 e. The second-order valence-electron chi connectivity index (χ2n) is 6.46. The van der Waals surface area contributed by atoms with Gasteiger partial charge in [-0.05, 0) is 55.0 Å². The van der Waals surface area contributed by atoms with Crippen molar-refractivity contribution in [2.45, 2.75) is 23.5 Å². The van der Waals surface area contributed by atoms with E-state index in [9.17, 15) is 19.5 Å². The van der Waals surface area contributed by atoms with Crippen molar-refractivity contribution in [2.75, 3.05) is 10.6 Å². The van der Waals surface area contributed by atoms with Gasteiger partial charge in [0.2, 0.25) is 5.91 Å². The number of anilines is 2. The summed E-state index contributed by atoms with van der Waals surface area (Å²) in [6.07, 6.45) is 1.96. The molecule has 0 saturated carbocycles. The molecule has 1 atom stereocenters. The van der Waals surface area contributed by atoms with Gasteiger partial charge in [-0.2, -0.15) is 0 Å². The molecule has 0 aliphatic heterocycles. The lowest BCUT2D eigenvalue weighted by Gasteiger charge is -2.16. The number of thioether (sulfide) groups is 1. The van der Waals surface area contributed by atoms with Crippen LogP contribution in [0.1, 0.15) is 34.3 Å². The zero-order chi connectivity index (χ0) is 22.4. The Morgan fingerprint density at radius 2 is 1.84 bits per heavy atom. The molecule has 9 heteroatoms. The van der Waals surface area contributed by atoms with Crippen LogP contribution in [0.25, 0.3) is 0 Å². The Morgan fingerprint density at radius 1 is 1.06 bits per heavy atom. The van der Waals surface area contributed by atoms with Gasteiger partial charge in [0.25, 0.3) is 5.91 Å². The molecule has 0 aliphatic carbocycles. The normalized spacial score (nSPS) is 11.5. The van der Waals surface area contributed by atoms with Gasteiger partial charge in [0, 0.05) is 16.3 Å². The summed E-state index contributed by atoms with van der Waals surface area (Å²) >= 11 is 7.21. The first-order valence-corrected chi connectivity index (χ1v) is 10.6. The molecule has 160 valence electrons. The van der Waals surface area contributed by atoms with Crippen molar-refractivity contribution in [3.8, 4) is 0 Å². The number of hydrogen-bond donors (Lipinski definition) is 3. The monoisotopic (exact) mass is 458 g/mol. The summed E-state index contributed by atoms with van der Waals surface area (Å²) in [7, 11) is 0. The molecule has 0 aliphatic rings. The lowest BCUT2D eigenvalue weighted by atomic mass is 10.2. The first kappa shape index (κ1) is 22.5. The standard InChI is InChI=1S/C22H19ClN2O5S/c1-2-19(21(27)25-14-8-9-17(23)16(12-14)22(28)29)31-15-6-3-5-13(11-15)24-20(26)18-7-4-10-30-18/h3-12,19H,2H2,1H3,(H,24,26)(H,25,27)(H,28,29). The van der Waals surface area contributed by atoms with Gasteiger partial charge in [0.1, 0.15) is 0 Å². The molecule has 2 aromatic carbocycles. The number of carbonyl (C=O) groups excluding carboxylic acids is 2. The quantitative estimate of drug-likeness (QED) is 0.390. The second-order valence-corrected chi connectivity index (χ2v) is 8.15. The summed E-state index contributed by atoms with van der Waals surface area (Å²) in [6.45, 7) is 1.88. The molecule has 3 N–H and O–H groups in total. The number of carbonyl (C=O) groups is 3. The van der Waals surface area contributed by atoms with E-state index in [1.165, 1.54) is 30.2 Å². The van der Waals surface area contributed by atoms with Crippen molar-refractivity contribution >= 4 is 52.5 Å². The lowest BCUT2D eigenvalue weighted by Crippen LogP contribution is -2.24. The van der Waals surface area contributed by atoms with Crippen LogP contribution < -0.4 is 10.6 Å². The van der Waals surface area contributed by atoms with Crippen LogP contribution in [-0.4, -0.2) is 28.1 Å². The van der Waals surface area contributed by atoms with Gasteiger partial charge in [-0.15, -0.1) is 11.8 Å². The molecule has 1 aromatic heterocycles. The molecular weight excluding hydrogens is 440 g/mol. The lowest BCUT2D eigenvalue weighted by molar-refractivity contribution is -0.115. The number of benzene rings is 2. The number of hydrogen-bond acceptors (Lipinski definition) is 5. The predicted octanol–water partition coefficient (Wildman–Crippen LogP) is 5.39. The molecule has 0 saturated heterocycles. The fourth-order valence-electron chi connectivity index (χ4n) is 2.72. The highest BCUT2D eigenvalue weighted by atomic mass is 35.5. The Morgan fingerprint density at radius 3 is 2.52 bits per heavy atom. The average Bonchev–Trinajstić information content (AvgIpc) is 3.28. The number of halogens is 1. The van der Waals surface area contributed by atoms with Gasteiger partial charge in [-0.3, -0.25) is 9.59 Å². The number of aromatic carboxylic acids is 1. The molecule has 0 spiro atoms. The van der Waals surface area contributed by atoms with E-state index < -0.39 is 11.2 Å². The van der Waals surface area contributed by atoms with Crippen molar-refractivity contribution < 1.29 is 23.9 Å². The maximum absolute atomic E-state index is 12.7. The molecule has 2 amide bonds. The van der Waals surface area contributed by atoms with E-state index in [-0.39, 0.29) is 28.2 Å². The van der Waals surface area contributed by atoms with Gasteiger partial charge in [0.15, 0.2) is 5.76 Å². The van der Waals surface area contributed by atoms with Crippen molar-refractivity contribution in [1.29, 1.82) is 0 Å². The van der Waals surface area contributed by atoms with Crippen LogP contribution in [-0.2, 0) is 4.79 Å². The molecule has 0 bridgehead atoms. The molecule has 3 aromatic rings. The molecule has 0 radical (unpaired) electrons. The van der Waals surface area contributed by atoms with Crippen molar-refractivity contribution in [2.24, 2.45) is 0 Å². The first-order valence-electron chi connectivity index (χ1n) is 9.32. The topological polar surface area (TPSA) is 109 Å². The van der Waals surface area contributed by atoms with Crippen LogP contribution in [0.4, 0.5) is 11.4 Å². The van der Waals surface area contributed by atoms with Crippen LogP contribution in [0, 0.1) is 0 Å². The number of carboxylic acid groups (broad SMARTS) is 1. The molecule has 0 fully saturated rings. The van der Waals surface area contributed by atoms with E-state index in [4.69, 9.17) is 16.0 Å². The van der Waals surface area contributed by atoms with Gasteiger partial charge >= 0.3 is 5.97 Å². The Kier molecular flexibility index (Phi) is 7.38. The minimum Gasteiger partial charge on any atom is -0.478 e. The molecule has 3 rings (SSSR count). The number of furan rings is 1. The molecule has 31 heavy (non-hydrogen) atoms. The summed E-state index contributed by atoms with van der Waals surface area (Å²) in [5.74, 6) is -1.60. The molecule has 7 nitrogen and oxygen atoms in total. The fraction of sp³-hybridized carbons (Fsp3) is 0.136. The Hall–Kier alpha value is -3.23. The highest BCUT2D eigenvalue weighted by Gasteiger charge is 2.20. The minimum absolute atomic E-state index is 0.0832. The van der Waals surface area contributed by atoms with Crippen molar-refractivity contribution in [3.05, 3.63) is 77.2 Å². The van der Waals surface area contributed by atoms with E-state index >= 15 is 0 Å². The van der Waals surface area contributed by atoms with Crippen LogP contribution >= 0.6 is 23.4 Å². The van der Waals surface area contributed by atoms with Gasteiger partial charge in [-0.25, -0.2) is 4.79 Å². The highest BCUT2D eigenvalue weighted by molar-refractivity contribution is 8.00. The number of amides is 2. The van der Waals surface area contributed by atoms with E-state index in [0.29, 0.717) is 17.8 Å². The SMILES string of the molecule is CCC(Sc1cccc(NC(=O)c2ccco2)c1)C(=O)Nc1ccc(Cl)c(C(=O)O)c1. The second kappa shape index (κ2) is 10.2. The third kappa shape index (κ3) is 5.90. The Balaban J connectivity index is 1.68. The van der Waals surface area contributed by atoms with Gasteiger partial charge in [0.05, 0.1) is 22.1 Å². The first-order chi connectivity index (χ1) is 14.9. The number of nitrogens with one attached hydrogen (secondary N) is 2. The highest BCUT2D eigenvalue weighted by Crippen LogP contribution is 2.29. The number of carboxylic acids is 1. The predicted molar refractivity (Wildman–Crippen MR) is 120 cm³/mol. The molecular formula is C22H19ClN2O5S. The van der Waals surface area contributed by atoms with E-state index in [2.05, 4.69) is 10.6 Å². The number of rotatable bonds is 8. The third-order valence-corrected chi connectivity index (χ3v) is 5.93. The van der Waals surface area contributed by atoms with Gasteiger partial charge in [-0.1, -0.05) is 24.6 Å². The Labute approximate surface area is 187 Å². The Bertz CT molecular complexity index is 1100. The summed E-state index contributed by atoms with van der Waals surface area (Å²) in [5, 5.41) is 14.3. The maximum atomic E-state index is 12.7. The summed E-state index contributed by atoms with van der Waals surface area (Å²) in [4.78, 5) is 36.9. The van der Waals surface area contributed by atoms with Gasteiger partial charge < -0.3 is 20.2 Å². The van der Waals surface area contributed by atoms with E-state index in [1.54, 1.807) is 36.4 Å². The zero-order valence-corrected chi connectivity index (χ0v) is 18.0. The molecule has 1 heterocycles. The molecule has 1 unspecified atom stereocenters. The van der Waals surface area contributed by atoms with Crippen LogP contribution in [0.2, 0.25) is 5.02 Å². The van der Waals surface area contributed by atoms with Crippen LogP contribution in [0.5, 0.6) is 0 Å².